The third kappa shape index (κ3) is 3.07. The van der Waals surface area contributed by atoms with Crippen molar-refractivity contribution in [3.05, 3.63) is 39.6 Å². The van der Waals surface area contributed by atoms with Crippen molar-refractivity contribution >= 4 is 22.9 Å². The van der Waals surface area contributed by atoms with Gasteiger partial charge < -0.3 is 9.88 Å². The van der Waals surface area contributed by atoms with E-state index in [0.717, 1.165) is 32.0 Å². The van der Waals surface area contributed by atoms with Crippen molar-refractivity contribution in [2.75, 3.05) is 13.1 Å². The first-order chi connectivity index (χ1) is 11.2. The summed E-state index contributed by atoms with van der Waals surface area (Å²) in [7, 11) is 2.00. The van der Waals surface area contributed by atoms with E-state index in [9.17, 15) is 0 Å². The molecule has 6 heteroatoms. The minimum absolute atomic E-state index is 0.538. The Hall–Kier alpha value is -0.880. The summed E-state index contributed by atoms with van der Waals surface area (Å²) in [5, 5.41) is 8.63. The smallest absolute Gasteiger partial charge is 0.128 e. The van der Waals surface area contributed by atoms with Crippen LogP contribution in [0.4, 0.5) is 0 Å². The largest absolute Gasteiger partial charge is 0.321 e. The van der Waals surface area contributed by atoms with Crippen molar-refractivity contribution in [2.24, 2.45) is 12.5 Å². The fourth-order valence-corrected chi connectivity index (χ4v) is 4.76. The number of nitrogens with one attached hydrogen (secondary N) is 1. The van der Waals surface area contributed by atoms with E-state index in [0.29, 0.717) is 16.6 Å². The van der Waals surface area contributed by atoms with E-state index >= 15 is 0 Å². The molecule has 4 nitrogen and oxygen atoms in total. The van der Waals surface area contributed by atoms with Gasteiger partial charge in [-0.05, 0) is 60.2 Å². The number of rotatable bonds is 5. The highest BCUT2D eigenvalue weighted by molar-refractivity contribution is 7.07. The van der Waals surface area contributed by atoms with Gasteiger partial charge in [0, 0.05) is 19.6 Å². The van der Waals surface area contributed by atoms with Crippen LogP contribution in [0.3, 0.4) is 0 Å². The zero-order chi connectivity index (χ0) is 15.9. The molecular formula is C17H23ClN4S. The molecular weight excluding hydrogens is 328 g/mol. The summed E-state index contributed by atoms with van der Waals surface area (Å²) in [6.07, 6.45) is 5.70. The second-order valence-corrected chi connectivity index (χ2v) is 8.09. The first-order valence-electron chi connectivity index (χ1n) is 8.30. The Balaban J connectivity index is 1.53. The maximum atomic E-state index is 6.17. The Morgan fingerprint density at radius 1 is 1.43 bits per heavy atom. The van der Waals surface area contributed by atoms with E-state index in [1.165, 1.54) is 24.8 Å². The molecule has 1 atom stereocenters. The van der Waals surface area contributed by atoms with Crippen molar-refractivity contribution < 1.29 is 0 Å². The number of imidazole rings is 1. The van der Waals surface area contributed by atoms with Gasteiger partial charge in [0.1, 0.15) is 11.0 Å². The van der Waals surface area contributed by atoms with Crippen molar-refractivity contribution in [3.63, 3.8) is 0 Å². The molecule has 0 bridgehead atoms. The molecule has 1 saturated carbocycles. The van der Waals surface area contributed by atoms with E-state index in [1.807, 2.05) is 11.6 Å². The van der Waals surface area contributed by atoms with Crippen LogP contribution in [0.1, 0.15) is 30.7 Å². The average Bonchev–Trinajstić information content (AvgIpc) is 2.88. The predicted molar refractivity (Wildman–Crippen MR) is 94.7 cm³/mol. The third-order valence-electron chi connectivity index (χ3n) is 5.52. The molecule has 0 unspecified atom stereocenters. The third-order valence-corrected chi connectivity index (χ3v) is 6.61. The normalized spacial score (nSPS) is 22.8. The second kappa shape index (κ2) is 6.20. The van der Waals surface area contributed by atoms with E-state index in [1.54, 1.807) is 17.5 Å². The van der Waals surface area contributed by atoms with Gasteiger partial charge in [-0.3, -0.25) is 4.90 Å². The van der Waals surface area contributed by atoms with Crippen LogP contribution >= 0.6 is 22.9 Å². The molecule has 1 saturated heterocycles. The average molecular weight is 351 g/mol. The second-order valence-electron chi connectivity index (χ2n) is 6.93. The highest BCUT2D eigenvalue weighted by Crippen LogP contribution is 2.56. The molecule has 4 rings (SSSR count). The van der Waals surface area contributed by atoms with Gasteiger partial charge in [0.2, 0.25) is 0 Å². The highest BCUT2D eigenvalue weighted by atomic mass is 35.5. The minimum atomic E-state index is 0.538. The maximum Gasteiger partial charge on any atom is 0.128 e. The monoisotopic (exact) mass is 350 g/mol. The molecule has 2 aromatic heterocycles. The van der Waals surface area contributed by atoms with Crippen molar-refractivity contribution in [2.45, 2.75) is 38.4 Å². The summed E-state index contributed by atoms with van der Waals surface area (Å²) in [6.45, 7) is 4.21. The zero-order valence-electron chi connectivity index (χ0n) is 13.5. The van der Waals surface area contributed by atoms with Crippen LogP contribution in [0, 0.1) is 5.41 Å². The van der Waals surface area contributed by atoms with Gasteiger partial charge in [-0.15, -0.1) is 0 Å². The number of halogens is 1. The summed E-state index contributed by atoms with van der Waals surface area (Å²) in [5.41, 5.74) is 1.95. The van der Waals surface area contributed by atoms with Crippen LogP contribution in [-0.4, -0.2) is 33.6 Å². The maximum absolute atomic E-state index is 6.17. The fraction of sp³-hybridized carbons (Fsp3) is 0.588. The molecule has 2 aromatic rings. The molecule has 0 aromatic carbocycles. The predicted octanol–water partition coefficient (Wildman–Crippen LogP) is 3.28. The Kier molecular flexibility index (Phi) is 4.22. The van der Waals surface area contributed by atoms with Crippen LogP contribution in [0.25, 0.3) is 0 Å². The lowest BCUT2D eigenvalue weighted by Gasteiger charge is -2.29. The Labute approximate surface area is 146 Å². The summed E-state index contributed by atoms with van der Waals surface area (Å²) in [5.74, 6) is 1.06. The lowest BCUT2D eigenvalue weighted by Crippen LogP contribution is -2.36. The van der Waals surface area contributed by atoms with Crippen molar-refractivity contribution in [3.8, 4) is 0 Å². The van der Waals surface area contributed by atoms with Crippen LogP contribution in [0.2, 0.25) is 5.15 Å². The van der Waals surface area contributed by atoms with Gasteiger partial charge in [-0.2, -0.15) is 11.3 Å². The molecule has 2 fully saturated rings. The number of nitrogens with zero attached hydrogens (tertiary/aromatic N) is 3. The Morgan fingerprint density at radius 3 is 2.91 bits per heavy atom. The van der Waals surface area contributed by atoms with E-state index in [4.69, 9.17) is 11.6 Å². The lowest BCUT2D eigenvalue weighted by atomic mass is 9.93. The Bertz CT molecular complexity index is 660. The van der Waals surface area contributed by atoms with Gasteiger partial charge in [-0.1, -0.05) is 11.6 Å². The summed E-state index contributed by atoms with van der Waals surface area (Å²) < 4.78 is 2.00. The SMILES string of the molecule is Cn1c(Cl)cnc1CN(Cc1ccsc1)[C@H]1CC12CCNCC2. The van der Waals surface area contributed by atoms with Crippen LogP contribution in [0.15, 0.2) is 23.0 Å². The topological polar surface area (TPSA) is 33.1 Å². The molecule has 0 radical (unpaired) electrons. The quantitative estimate of drug-likeness (QED) is 0.898. The summed E-state index contributed by atoms with van der Waals surface area (Å²) in [6, 6.07) is 2.92. The van der Waals surface area contributed by atoms with Crippen molar-refractivity contribution in [1.29, 1.82) is 0 Å². The van der Waals surface area contributed by atoms with Gasteiger partial charge in [-0.25, -0.2) is 4.98 Å². The van der Waals surface area contributed by atoms with Crippen molar-refractivity contribution in [1.82, 2.24) is 19.8 Å². The summed E-state index contributed by atoms with van der Waals surface area (Å²) >= 11 is 7.94. The standard InChI is InChI=1S/C17H23ClN4S/c1-21-15(18)9-20-16(21)11-22(10-13-2-7-23-12-13)14-8-17(14)3-5-19-6-4-17/h2,7,9,12,14,19H,3-6,8,10-11H2,1H3/t14-/m0/s1. The molecule has 124 valence electrons. The first kappa shape index (κ1) is 15.6. The van der Waals surface area contributed by atoms with Crippen LogP contribution in [0.5, 0.6) is 0 Å². The molecule has 2 aliphatic rings. The van der Waals surface area contributed by atoms with Gasteiger partial charge in [0.25, 0.3) is 0 Å². The van der Waals surface area contributed by atoms with Gasteiger partial charge in [0.05, 0.1) is 12.7 Å². The number of thiophene rings is 1. The van der Waals surface area contributed by atoms with Crippen LogP contribution < -0.4 is 5.32 Å². The molecule has 3 heterocycles. The summed E-state index contributed by atoms with van der Waals surface area (Å²) in [4.78, 5) is 7.12. The zero-order valence-corrected chi connectivity index (χ0v) is 15.0. The van der Waals surface area contributed by atoms with Crippen LogP contribution in [-0.2, 0) is 20.1 Å². The molecule has 23 heavy (non-hydrogen) atoms. The highest BCUT2D eigenvalue weighted by Gasteiger charge is 2.56. The first-order valence-corrected chi connectivity index (χ1v) is 9.62. The van der Waals surface area contributed by atoms with E-state index in [-0.39, 0.29) is 0 Å². The van der Waals surface area contributed by atoms with Gasteiger partial charge in [0.15, 0.2) is 0 Å². The molecule has 0 amide bonds. The van der Waals surface area contributed by atoms with E-state index < -0.39 is 0 Å². The number of hydrogen-bond donors (Lipinski definition) is 1. The fourth-order valence-electron chi connectivity index (χ4n) is 3.95. The molecule has 1 N–H and O–H groups in total. The molecule has 1 aliphatic carbocycles. The number of hydrogen-bond acceptors (Lipinski definition) is 4. The molecule has 1 spiro atoms. The van der Waals surface area contributed by atoms with E-state index in [2.05, 4.69) is 32.0 Å². The van der Waals surface area contributed by atoms with Gasteiger partial charge >= 0.3 is 0 Å². The Morgan fingerprint density at radius 2 is 2.26 bits per heavy atom. The number of aromatic nitrogens is 2. The minimum Gasteiger partial charge on any atom is -0.321 e. The number of piperidine rings is 1. The molecule has 1 aliphatic heterocycles. The lowest BCUT2D eigenvalue weighted by molar-refractivity contribution is 0.183.